The molecule has 0 saturated heterocycles. The van der Waals surface area contributed by atoms with E-state index < -0.39 is 0 Å². The second-order valence-electron chi connectivity index (χ2n) is 4.75. The van der Waals surface area contributed by atoms with Crippen LogP contribution in [0.4, 0.5) is 11.4 Å². The van der Waals surface area contributed by atoms with Crippen LogP contribution in [0, 0.1) is 0 Å². The zero-order valence-corrected chi connectivity index (χ0v) is 11.7. The lowest BCUT2D eigenvalue weighted by atomic mass is 10.1. The average molecular weight is 273 g/mol. The second kappa shape index (κ2) is 6.10. The lowest BCUT2D eigenvalue weighted by molar-refractivity contribution is 0.0954. The Labute approximate surface area is 118 Å². The van der Waals surface area contributed by atoms with Crippen molar-refractivity contribution < 1.29 is 4.79 Å². The van der Waals surface area contributed by atoms with Gasteiger partial charge in [-0.1, -0.05) is 0 Å². The van der Waals surface area contributed by atoms with Gasteiger partial charge in [0, 0.05) is 50.3 Å². The Balaban J connectivity index is 2.03. The zero-order chi connectivity index (χ0) is 14.5. The first kappa shape index (κ1) is 13.9. The largest absolute Gasteiger partial charge is 0.399 e. The SMILES string of the molecule is CN(C)c1ccc(N)cc1C(=O)NCCc1cnc[nH]1. The normalized spacial score (nSPS) is 10.3. The van der Waals surface area contributed by atoms with Gasteiger partial charge in [-0.15, -0.1) is 0 Å². The van der Waals surface area contributed by atoms with Gasteiger partial charge in [0.2, 0.25) is 0 Å². The minimum Gasteiger partial charge on any atom is -0.399 e. The number of carbonyl (C=O) groups excluding carboxylic acids is 1. The summed E-state index contributed by atoms with van der Waals surface area (Å²) in [5.41, 5.74) is 8.76. The number of aromatic amines is 1. The smallest absolute Gasteiger partial charge is 0.253 e. The number of nitrogens with one attached hydrogen (secondary N) is 2. The molecule has 4 N–H and O–H groups in total. The van der Waals surface area contributed by atoms with Crippen LogP contribution in [0.1, 0.15) is 16.1 Å². The molecule has 0 unspecified atom stereocenters. The number of amides is 1. The van der Waals surface area contributed by atoms with Crippen LogP contribution in [0.2, 0.25) is 0 Å². The van der Waals surface area contributed by atoms with Crippen LogP contribution in [-0.2, 0) is 6.42 Å². The van der Waals surface area contributed by atoms with Gasteiger partial charge < -0.3 is 20.9 Å². The highest BCUT2D eigenvalue weighted by atomic mass is 16.1. The molecule has 106 valence electrons. The summed E-state index contributed by atoms with van der Waals surface area (Å²) in [6.07, 6.45) is 4.09. The maximum Gasteiger partial charge on any atom is 0.253 e. The summed E-state index contributed by atoms with van der Waals surface area (Å²) in [5, 5.41) is 2.89. The number of benzene rings is 1. The van der Waals surface area contributed by atoms with E-state index in [0.29, 0.717) is 24.2 Å². The van der Waals surface area contributed by atoms with Crippen LogP contribution in [0.25, 0.3) is 0 Å². The third-order valence-corrected chi connectivity index (χ3v) is 2.98. The fourth-order valence-corrected chi connectivity index (χ4v) is 1.95. The number of anilines is 2. The molecule has 0 saturated carbocycles. The van der Waals surface area contributed by atoms with E-state index in [4.69, 9.17) is 5.73 Å². The van der Waals surface area contributed by atoms with Gasteiger partial charge in [0.15, 0.2) is 0 Å². The minimum absolute atomic E-state index is 0.125. The molecule has 1 aromatic heterocycles. The monoisotopic (exact) mass is 273 g/mol. The van der Waals surface area contributed by atoms with Crippen molar-refractivity contribution in [2.75, 3.05) is 31.3 Å². The number of nitrogen functional groups attached to an aromatic ring is 1. The van der Waals surface area contributed by atoms with Crippen LogP contribution in [0.15, 0.2) is 30.7 Å². The van der Waals surface area contributed by atoms with Gasteiger partial charge in [-0.2, -0.15) is 0 Å². The molecule has 1 aromatic carbocycles. The first-order valence-electron chi connectivity index (χ1n) is 6.40. The Morgan fingerprint density at radius 2 is 2.25 bits per heavy atom. The number of hydrogen-bond donors (Lipinski definition) is 3. The van der Waals surface area contributed by atoms with E-state index in [1.807, 2.05) is 25.1 Å². The fraction of sp³-hybridized carbons (Fsp3) is 0.286. The predicted molar refractivity (Wildman–Crippen MR) is 79.8 cm³/mol. The Bertz CT molecular complexity index is 577. The van der Waals surface area contributed by atoms with Crippen LogP contribution >= 0.6 is 0 Å². The van der Waals surface area contributed by atoms with E-state index in [9.17, 15) is 4.79 Å². The number of rotatable bonds is 5. The molecule has 0 fully saturated rings. The topological polar surface area (TPSA) is 87.0 Å². The molecular formula is C14H19N5O. The van der Waals surface area contributed by atoms with E-state index in [1.165, 1.54) is 0 Å². The van der Waals surface area contributed by atoms with Crippen molar-refractivity contribution >= 4 is 17.3 Å². The summed E-state index contributed by atoms with van der Waals surface area (Å²) < 4.78 is 0. The summed E-state index contributed by atoms with van der Waals surface area (Å²) in [5.74, 6) is -0.125. The van der Waals surface area contributed by atoms with E-state index in [2.05, 4.69) is 15.3 Å². The first-order chi connectivity index (χ1) is 9.58. The van der Waals surface area contributed by atoms with E-state index >= 15 is 0 Å². The van der Waals surface area contributed by atoms with Crippen molar-refractivity contribution in [3.63, 3.8) is 0 Å². The van der Waals surface area contributed by atoms with Crippen molar-refractivity contribution in [2.24, 2.45) is 0 Å². The third-order valence-electron chi connectivity index (χ3n) is 2.98. The lowest BCUT2D eigenvalue weighted by Gasteiger charge is -2.17. The maximum absolute atomic E-state index is 12.2. The Morgan fingerprint density at radius 1 is 1.45 bits per heavy atom. The molecule has 2 aromatic rings. The summed E-state index contributed by atoms with van der Waals surface area (Å²) in [6.45, 7) is 0.544. The Morgan fingerprint density at radius 3 is 2.90 bits per heavy atom. The standard InChI is InChI=1S/C14H19N5O/c1-19(2)13-4-3-10(15)7-12(13)14(20)17-6-5-11-8-16-9-18-11/h3-4,7-9H,5-6,15H2,1-2H3,(H,16,18)(H,17,20). The number of imidazole rings is 1. The lowest BCUT2D eigenvalue weighted by Crippen LogP contribution is -2.27. The second-order valence-corrected chi connectivity index (χ2v) is 4.75. The molecule has 0 bridgehead atoms. The van der Waals surface area contributed by atoms with E-state index in [0.717, 1.165) is 11.4 Å². The molecule has 0 aliphatic heterocycles. The van der Waals surface area contributed by atoms with Gasteiger partial charge in [0.25, 0.3) is 5.91 Å². The highest BCUT2D eigenvalue weighted by Gasteiger charge is 2.13. The average Bonchev–Trinajstić information content (AvgIpc) is 2.91. The molecule has 0 radical (unpaired) electrons. The summed E-state index contributed by atoms with van der Waals surface area (Å²) >= 11 is 0. The quantitative estimate of drug-likeness (QED) is 0.710. The first-order valence-corrected chi connectivity index (χ1v) is 6.40. The molecule has 2 rings (SSSR count). The molecular weight excluding hydrogens is 254 g/mol. The summed E-state index contributed by atoms with van der Waals surface area (Å²) in [6, 6.07) is 5.33. The van der Waals surface area contributed by atoms with Crippen molar-refractivity contribution in [3.8, 4) is 0 Å². The molecule has 20 heavy (non-hydrogen) atoms. The van der Waals surface area contributed by atoms with Gasteiger partial charge in [-0.25, -0.2) is 4.98 Å². The number of H-pyrrole nitrogens is 1. The number of carbonyl (C=O) groups is 1. The highest BCUT2D eigenvalue weighted by Crippen LogP contribution is 2.21. The predicted octanol–water partition coefficient (Wildman–Crippen LogP) is 1.03. The number of nitrogens with zero attached hydrogens (tertiary/aromatic N) is 2. The van der Waals surface area contributed by atoms with Gasteiger partial charge in [-0.3, -0.25) is 4.79 Å². The molecule has 1 heterocycles. The molecule has 6 heteroatoms. The fourth-order valence-electron chi connectivity index (χ4n) is 1.95. The van der Waals surface area contributed by atoms with Gasteiger partial charge in [0.05, 0.1) is 11.9 Å². The molecule has 0 aliphatic rings. The van der Waals surface area contributed by atoms with Crippen LogP contribution in [-0.4, -0.2) is 36.5 Å². The van der Waals surface area contributed by atoms with Crippen LogP contribution in [0.5, 0.6) is 0 Å². The zero-order valence-electron chi connectivity index (χ0n) is 11.7. The van der Waals surface area contributed by atoms with Gasteiger partial charge in [0.1, 0.15) is 0 Å². The van der Waals surface area contributed by atoms with Crippen LogP contribution in [0.3, 0.4) is 0 Å². The number of hydrogen-bond acceptors (Lipinski definition) is 4. The van der Waals surface area contributed by atoms with E-state index in [1.54, 1.807) is 24.7 Å². The van der Waals surface area contributed by atoms with Crippen molar-refractivity contribution in [2.45, 2.75) is 6.42 Å². The molecule has 0 aliphatic carbocycles. The molecule has 0 spiro atoms. The van der Waals surface area contributed by atoms with Gasteiger partial charge in [-0.05, 0) is 18.2 Å². The number of aromatic nitrogens is 2. The summed E-state index contributed by atoms with van der Waals surface area (Å²) in [4.78, 5) is 21.1. The molecule has 0 atom stereocenters. The van der Waals surface area contributed by atoms with Crippen molar-refractivity contribution in [1.29, 1.82) is 0 Å². The van der Waals surface area contributed by atoms with Crippen molar-refractivity contribution in [1.82, 2.24) is 15.3 Å². The van der Waals surface area contributed by atoms with Crippen molar-refractivity contribution in [3.05, 3.63) is 42.0 Å². The summed E-state index contributed by atoms with van der Waals surface area (Å²) in [7, 11) is 3.79. The Kier molecular flexibility index (Phi) is 4.24. The van der Waals surface area contributed by atoms with Gasteiger partial charge >= 0.3 is 0 Å². The molecule has 6 nitrogen and oxygen atoms in total. The minimum atomic E-state index is -0.125. The Hall–Kier alpha value is -2.50. The van der Waals surface area contributed by atoms with E-state index in [-0.39, 0.29) is 5.91 Å². The maximum atomic E-state index is 12.2. The highest BCUT2D eigenvalue weighted by molar-refractivity contribution is 6.00. The van der Waals surface area contributed by atoms with Crippen LogP contribution < -0.4 is 16.0 Å². The third kappa shape index (κ3) is 3.28. The number of nitrogens with two attached hydrogens (primary N) is 1. The molecule has 1 amide bonds.